The molecule has 5 heteroatoms. The second kappa shape index (κ2) is 10.8. The van der Waals surface area contributed by atoms with E-state index >= 15 is 0 Å². The molecule has 1 aromatic rings. The Balaban J connectivity index is 2.13. The first-order valence-electron chi connectivity index (χ1n) is 7.72. The molecule has 1 amide bonds. The highest BCUT2D eigenvalue weighted by Gasteiger charge is 2.03. The van der Waals surface area contributed by atoms with Gasteiger partial charge in [0.05, 0.1) is 14.9 Å². The molecule has 1 N–H and O–H groups in total. The summed E-state index contributed by atoms with van der Waals surface area (Å²) >= 11 is 7.33. The van der Waals surface area contributed by atoms with Crippen LogP contribution in [-0.4, -0.2) is 11.6 Å². The molecule has 0 atom stereocenters. The average molecular weight is 329 g/mol. The van der Waals surface area contributed by atoms with Crippen molar-refractivity contribution in [1.82, 2.24) is 5.43 Å². The van der Waals surface area contributed by atoms with Gasteiger partial charge in [0.2, 0.25) is 5.91 Å². The second-order valence-electron chi connectivity index (χ2n) is 5.21. The standard InChI is InChI=1S/C16H25ClN2OS/c1-3-4-5-6-7-8-9-10-16(20)19-18-13(2)14-11-12-15(17)21-14/h11-12H,3-10H2,1-2H3,(H,19,20)/b18-13+. The number of unbranched alkanes of at least 4 members (excludes halogenated alkanes) is 6. The SMILES string of the molecule is CCCCCCCCCC(=O)N/N=C(\C)c1ccc(Cl)s1. The topological polar surface area (TPSA) is 41.5 Å². The Bertz CT molecular complexity index is 457. The van der Waals surface area contributed by atoms with Crippen LogP contribution in [-0.2, 0) is 4.79 Å². The summed E-state index contributed by atoms with van der Waals surface area (Å²) in [7, 11) is 0. The number of thiophene rings is 1. The molecular weight excluding hydrogens is 304 g/mol. The van der Waals surface area contributed by atoms with Gasteiger partial charge in [-0.15, -0.1) is 11.3 Å². The summed E-state index contributed by atoms with van der Waals surface area (Å²) < 4.78 is 0.731. The number of amides is 1. The first-order chi connectivity index (χ1) is 10.1. The van der Waals surface area contributed by atoms with Gasteiger partial charge in [-0.1, -0.05) is 57.0 Å². The average Bonchev–Trinajstić information content (AvgIpc) is 2.90. The predicted molar refractivity (Wildman–Crippen MR) is 92.3 cm³/mol. The van der Waals surface area contributed by atoms with Crippen molar-refractivity contribution < 1.29 is 4.79 Å². The lowest BCUT2D eigenvalue weighted by atomic mass is 10.1. The predicted octanol–water partition coefficient (Wildman–Crippen LogP) is 5.38. The maximum atomic E-state index is 11.7. The molecule has 0 aliphatic carbocycles. The smallest absolute Gasteiger partial charge is 0.240 e. The summed E-state index contributed by atoms with van der Waals surface area (Å²) in [5.74, 6) is -0.00874. The van der Waals surface area contributed by atoms with E-state index in [2.05, 4.69) is 17.5 Å². The molecular formula is C16H25ClN2OS. The molecule has 0 aliphatic rings. The molecule has 0 aromatic carbocycles. The number of hydrazone groups is 1. The number of rotatable bonds is 10. The van der Waals surface area contributed by atoms with Gasteiger partial charge in [0, 0.05) is 6.42 Å². The third-order valence-electron chi connectivity index (χ3n) is 3.29. The van der Waals surface area contributed by atoms with E-state index in [1.165, 1.54) is 43.4 Å². The van der Waals surface area contributed by atoms with Crippen molar-refractivity contribution in [3.05, 3.63) is 21.3 Å². The molecule has 1 rings (SSSR count). The van der Waals surface area contributed by atoms with Gasteiger partial charge >= 0.3 is 0 Å². The zero-order chi connectivity index (χ0) is 15.5. The minimum atomic E-state index is -0.00874. The van der Waals surface area contributed by atoms with Crippen LogP contribution in [0, 0.1) is 0 Å². The molecule has 0 unspecified atom stereocenters. The van der Waals surface area contributed by atoms with Crippen LogP contribution in [0.2, 0.25) is 4.34 Å². The normalized spacial score (nSPS) is 11.7. The van der Waals surface area contributed by atoms with Crippen molar-refractivity contribution in [1.29, 1.82) is 0 Å². The number of carbonyl (C=O) groups is 1. The zero-order valence-corrected chi connectivity index (χ0v) is 14.5. The van der Waals surface area contributed by atoms with E-state index in [4.69, 9.17) is 11.6 Å². The molecule has 0 fully saturated rings. The first kappa shape index (κ1) is 18.2. The van der Waals surface area contributed by atoms with E-state index in [0.717, 1.165) is 27.8 Å². The van der Waals surface area contributed by atoms with Crippen molar-refractivity contribution in [2.24, 2.45) is 5.10 Å². The molecule has 0 spiro atoms. The van der Waals surface area contributed by atoms with Crippen LogP contribution in [0.15, 0.2) is 17.2 Å². The molecule has 3 nitrogen and oxygen atoms in total. The fourth-order valence-electron chi connectivity index (χ4n) is 2.01. The van der Waals surface area contributed by atoms with Crippen LogP contribution in [0.1, 0.15) is 70.1 Å². The summed E-state index contributed by atoms with van der Waals surface area (Å²) in [6.45, 7) is 4.09. The highest BCUT2D eigenvalue weighted by molar-refractivity contribution is 7.18. The van der Waals surface area contributed by atoms with E-state index in [0.29, 0.717) is 6.42 Å². The van der Waals surface area contributed by atoms with Crippen LogP contribution < -0.4 is 5.43 Å². The van der Waals surface area contributed by atoms with E-state index < -0.39 is 0 Å². The van der Waals surface area contributed by atoms with E-state index in [9.17, 15) is 4.79 Å². The van der Waals surface area contributed by atoms with Crippen molar-refractivity contribution in [3.63, 3.8) is 0 Å². The van der Waals surface area contributed by atoms with Crippen molar-refractivity contribution in [3.8, 4) is 0 Å². The van der Waals surface area contributed by atoms with Crippen LogP contribution in [0.3, 0.4) is 0 Å². The van der Waals surface area contributed by atoms with Crippen LogP contribution >= 0.6 is 22.9 Å². The molecule has 1 heterocycles. The van der Waals surface area contributed by atoms with Gasteiger partial charge in [-0.25, -0.2) is 5.43 Å². The third kappa shape index (κ3) is 8.22. The van der Waals surface area contributed by atoms with E-state index in [1.807, 2.05) is 19.1 Å². The second-order valence-corrected chi connectivity index (χ2v) is 6.92. The summed E-state index contributed by atoms with van der Waals surface area (Å²) in [6, 6.07) is 3.75. The summed E-state index contributed by atoms with van der Waals surface area (Å²) in [5.41, 5.74) is 3.41. The molecule has 1 aromatic heterocycles. The lowest BCUT2D eigenvalue weighted by Gasteiger charge is -2.02. The number of hydrogen-bond acceptors (Lipinski definition) is 3. The largest absolute Gasteiger partial charge is 0.273 e. The van der Waals surface area contributed by atoms with Gasteiger partial charge in [0.1, 0.15) is 0 Å². The Morgan fingerprint density at radius 1 is 1.19 bits per heavy atom. The van der Waals surface area contributed by atoms with Gasteiger partial charge in [0.15, 0.2) is 0 Å². The highest BCUT2D eigenvalue weighted by atomic mass is 35.5. The number of halogens is 1. The number of carbonyl (C=O) groups excluding carboxylic acids is 1. The molecule has 0 saturated heterocycles. The lowest BCUT2D eigenvalue weighted by Crippen LogP contribution is -2.18. The lowest BCUT2D eigenvalue weighted by molar-refractivity contribution is -0.121. The van der Waals surface area contributed by atoms with Gasteiger partial charge in [-0.05, 0) is 25.5 Å². The minimum Gasteiger partial charge on any atom is -0.273 e. The Hall–Kier alpha value is -0.870. The Labute approximate surface area is 136 Å². The minimum absolute atomic E-state index is 0.00874. The molecule has 0 aliphatic heterocycles. The summed E-state index contributed by atoms with van der Waals surface area (Å²) in [5, 5.41) is 4.12. The summed E-state index contributed by atoms with van der Waals surface area (Å²) in [4.78, 5) is 12.7. The van der Waals surface area contributed by atoms with Crippen LogP contribution in [0.25, 0.3) is 0 Å². The third-order valence-corrected chi connectivity index (χ3v) is 4.63. The molecule has 0 bridgehead atoms. The van der Waals surface area contributed by atoms with Crippen LogP contribution in [0.5, 0.6) is 0 Å². The summed E-state index contributed by atoms with van der Waals surface area (Å²) in [6.07, 6.45) is 9.04. The van der Waals surface area contributed by atoms with E-state index in [1.54, 1.807) is 0 Å². The number of nitrogens with zero attached hydrogens (tertiary/aromatic N) is 1. The maximum absolute atomic E-state index is 11.7. The number of nitrogens with one attached hydrogen (secondary N) is 1. The fraction of sp³-hybridized carbons (Fsp3) is 0.625. The molecule has 118 valence electrons. The number of hydrogen-bond donors (Lipinski definition) is 1. The molecule has 0 radical (unpaired) electrons. The Morgan fingerprint density at radius 3 is 2.48 bits per heavy atom. The first-order valence-corrected chi connectivity index (χ1v) is 8.91. The highest BCUT2D eigenvalue weighted by Crippen LogP contribution is 2.21. The van der Waals surface area contributed by atoms with Gasteiger partial charge < -0.3 is 0 Å². The van der Waals surface area contributed by atoms with Gasteiger partial charge in [-0.3, -0.25) is 4.79 Å². The monoisotopic (exact) mass is 328 g/mol. The van der Waals surface area contributed by atoms with Gasteiger partial charge in [-0.2, -0.15) is 5.10 Å². The zero-order valence-electron chi connectivity index (χ0n) is 13.0. The maximum Gasteiger partial charge on any atom is 0.240 e. The molecule has 0 saturated carbocycles. The van der Waals surface area contributed by atoms with E-state index in [-0.39, 0.29) is 5.91 Å². The fourth-order valence-corrected chi connectivity index (χ4v) is 3.00. The van der Waals surface area contributed by atoms with Crippen molar-refractivity contribution >= 4 is 34.6 Å². The van der Waals surface area contributed by atoms with Crippen LogP contribution in [0.4, 0.5) is 0 Å². The quantitative estimate of drug-likeness (QED) is 0.349. The van der Waals surface area contributed by atoms with Crippen molar-refractivity contribution in [2.45, 2.75) is 65.2 Å². The Kier molecular flexibility index (Phi) is 9.35. The Morgan fingerprint density at radius 2 is 1.86 bits per heavy atom. The van der Waals surface area contributed by atoms with Crippen molar-refractivity contribution in [2.75, 3.05) is 0 Å². The molecule has 21 heavy (non-hydrogen) atoms. The van der Waals surface area contributed by atoms with Gasteiger partial charge in [0.25, 0.3) is 0 Å².